The predicted octanol–water partition coefficient (Wildman–Crippen LogP) is 5.05. The number of hydrogen-bond donors (Lipinski definition) is 1. The van der Waals surface area contributed by atoms with E-state index in [0.717, 1.165) is 19.9 Å². The fraction of sp³-hybridized carbons (Fsp3) is 0.111. The molecule has 130 valence electrons. The molecule has 2 aromatic heterocycles. The van der Waals surface area contributed by atoms with Gasteiger partial charge in [-0.1, -0.05) is 30.0 Å². The first-order valence-corrected chi connectivity index (χ1v) is 9.54. The molecule has 0 aliphatic carbocycles. The Balaban J connectivity index is 1.59. The molecule has 2 aromatic carbocycles. The van der Waals surface area contributed by atoms with E-state index in [0.29, 0.717) is 11.1 Å². The zero-order chi connectivity index (χ0) is 18.3. The van der Waals surface area contributed by atoms with Crippen LogP contribution in [0.1, 0.15) is 17.3 Å². The number of nitrogens with one attached hydrogen (secondary N) is 1. The van der Waals surface area contributed by atoms with E-state index in [1.165, 1.54) is 35.2 Å². The molecule has 0 saturated heterocycles. The molecule has 4 aromatic rings. The van der Waals surface area contributed by atoms with Gasteiger partial charge < -0.3 is 4.98 Å². The molecule has 0 saturated carbocycles. The molecular formula is C18H13N3O3S2. The smallest absolute Gasteiger partial charge is 0.270 e. The van der Waals surface area contributed by atoms with Crippen LogP contribution in [0.25, 0.3) is 21.1 Å². The number of para-hydroxylation sites is 1. The predicted molar refractivity (Wildman–Crippen MR) is 104 cm³/mol. The average molecular weight is 383 g/mol. The number of thiazole rings is 1. The van der Waals surface area contributed by atoms with Crippen LogP contribution >= 0.6 is 23.1 Å². The van der Waals surface area contributed by atoms with Crippen LogP contribution in [0, 0.1) is 10.1 Å². The highest BCUT2D eigenvalue weighted by molar-refractivity contribution is 8.02. The fourth-order valence-electron chi connectivity index (χ4n) is 2.76. The molecule has 0 fully saturated rings. The summed E-state index contributed by atoms with van der Waals surface area (Å²) >= 11 is 2.74. The maximum absolute atomic E-state index is 12.8. The number of nitrogens with zero attached hydrogens (tertiary/aromatic N) is 2. The summed E-state index contributed by atoms with van der Waals surface area (Å²) in [5.74, 6) is 0.0256. The topological polar surface area (TPSA) is 88.9 Å². The van der Waals surface area contributed by atoms with E-state index >= 15 is 0 Å². The minimum atomic E-state index is -0.421. The van der Waals surface area contributed by atoms with Gasteiger partial charge in [-0.3, -0.25) is 14.9 Å². The van der Waals surface area contributed by atoms with Crippen molar-refractivity contribution in [2.45, 2.75) is 16.5 Å². The SMILES string of the molecule is C[C@H](Sc1nc2ccc([N+](=O)[O-])cc2s1)C(=O)c1c[nH]c2ccccc12. The minimum Gasteiger partial charge on any atom is -0.360 e. The molecule has 0 aliphatic rings. The standard InChI is InChI=1S/C18H13N3O3S2/c1-10(17(22)13-9-19-14-5-3-2-4-12(13)14)25-18-20-15-7-6-11(21(23)24)8-16(15)26-18/h2-10,19H,1H3/t10-/m0/s1. The Morgan fingerprint density at radius 2 is 2.12 bits per heavy atom. The van der Waals surface area contributed by atoms with Crippen LogP contribution in [0.3, 0.4) is 0 Å². The van der Waals surface area contributed by atoms with E-state index in [9.17, 15) is 14.9 Å². The molecule has 26 heavy (non-hydrogen) atoms. The van der Waals surface area contributed by atoms with Gasteiger partial charge in [-0.25, -0.2) is 4.98 Å². The normalized spacial score (nSPS) is 12.5. The molecule has 1 N–H and O–H groups in total. The van der Waals surface area contributed by atoms with Crippen LogP contribution in [0.2, 0.25) is 0 Å². The number of carbonyl (C=O) groups excluding carboxylic acids is 1. The van der Waals surface area contributed by atoms with Crippen LogP contribution in [-0.2, 0) is 0 Å². The van der Waals surface area contributed by atoms with Crippen molar-refractivity contribution in [2.24, 2.45) is 0 Å². The molecule has 8 heteroatoms. The number of ketones is 1. The van der Waals surface area contributed by atoms with Gasteiger partial charge in [-0.15, -0.1) is 11.3 Å². The lowest BCUT2D eigenvalue weighted by Crippen LogP contribution is -2.12. The molecule has 0 amide bonds. The van der Waals surface area contributed by atoms with Crippen molar-refractivity contribution >= 4 is 55.7 Å². The third-order valence-electron chi connectivity index (χ3n) is 4.06. The van der Waals surface area contributed by atoms with Gasteiger partial charge in [0.15, 0.2) is 10.1 Å². The lowest BCUT2D eigenvalue weighted by atomic mass is 10.1. The van der Waals surface area contributed by atoms with E-state index in [1.54, 1.807) is 12.3 Å². The van der Waals surface area contributed by atoms with E-state index in [4.69, 9.17) is 0 Å². The van der Waals surface area contributed by atoms with Crippen LogP contribution in [0.5, 0.6) is 0 Å². The number of non-ortho nitro benzene ring substituents is 1. The third-order valence-corrected chi connectivity index (χ3v) is 6.28. The maximum Gasteiger partial charge on any atom is 0.270 e. The van der Waals surface area contributed by atoms with Crippen LogP contribution in [0.4, 0.5) is 5.69 Å². The Morgan fingerprint density at radius 1 is 1.31 bits per heavy atom. The van der Waals surface area contributed by atoms with Crippen molar-refractivity contribution < 1.29 is 9.72 Å². The fourth-order valence-corrected chi connectivity index (χ4v) is 5.07. The first-order chi connectivity index (χ1) is 12.5. The largest absolute Gasteiger partial charge is 0.360 e. The summed E-state index contributed by atoms with van der Waals surface area (Å²) in [5.41, 5.74) is 2.34. The minimum absolute atomic E-state index is 0.0256. The number of thioether (sulfide) groups is 1. The summed E-state index contributed by atoms with van der Waals surface area (Å²) in [6.07, 6.45) is 1.74. The number of carbonyl (C=O) groups is 1. The van der Waals surface area contributed by atoms with Gasteiger partial charge in [0.25, 0.3) is 5.69 Å². The first-order valence-electron chi connectivity index (χ1n) is 7.85. The first kappa shape index (κ1) is 16.7. The molecule has 0 spiro atoms. The van der Waals surface area contributed by atoms with Gasteiger partial charge >= 0.3 is 0 Å². The molecule has 6 nitrogen and oxygen atoms in total. The van der Waals surface area contributed by atoms with Crippen molar-refractivity contribution in [3.8, 4) is 0 Å². The van der Waals surface area contributed by atoms with Gasteiger partial charge in [-0.2, -0.15) is 0 Å². The summed E-state index contributed by atoms with van der Waals surface area (Å²) in [7, 11) is 0. The number of nitro benzene ring substituents is 1. The van der Waals surface area contributed by atoms with E-state index in [1.807, 2.05) is 31.2 Å². The number of Topliss-reactive ketones (excluding diaryl/α,β-unsaturated/α-hetero) is 1. The number of nitro groups is 1. The number of hydrogen-bond acceptors (Lipinski definition) is 6. The molecule has 2 heterocycles. The molecule has 0 bridgehead atoms. The Hall–Kier alpha value is -2.71. The second-order valence-electron chi connectivity index (χ2n) is 5.76. The molecule has 4 rings (SSSR count). The second kappa shape index (κ2) is 6.54. The monoisotopic (exact) mass is 383 g/mol. The van der Waals surface area contributed by atoms with Crippen molar-refractivity contribution in [1.82, 2.24) is 9.97 Å². The van der Waals surface area contributed by atoms with Crippen molar-refractivity contribution in [2.75, 3.05) is 0 Å². The lowest BCUT2D eigenvalue weighted by molar-refractivity contribution is -0.384. The number of benzene rings is 2. The third kappa shape index (κ3) is 2.97. The number of rotatable bonds is 5. The Labute approximate surface area is 156 Å². The van der Waals surface area contributed by atoms with Gasteiger partial charge in [0.2, 0.25) is 0 Å². The summed E-state index contributed by atoms with van der Waals surface area (Å²) in [5, 5.41) is 11.5. The van der Waals surface area contributed by atoms with Gasteiger partial charge in [0.1, 0.15) is 0 Å². The summed E-state index contributed by atoms with van der Waals surface area (Å²) in [6, 6.07) is 12.3. The highest BCUT2D eigenvalue weighted by Crippen LogP contribution is 2.35. The zero-order valence-corrected chi connectivity index (χ0v) is 15.3. The van der Waals surface area contributed by atoms with Crippen molar-refractivity contribution in [1.29, 1.82) is 0 Å². The summed E-state index contributed by atoms with van der Waals surface area (Å²) in [6.45, 7) is 1.85. The van der Waals surface area contributed by atoms with Gasteiger partial charge in [-0.05, 0) is 19.1 Å². The van der Waals surface area contributed by atoms with Crippen LogP contribution in [0.15, 0.2) is 53.0 Å². The van der Waals surface area contributed by atoms with E-state index < -0.39 is 4.92 Å². The molecule has 1 atom stereocenters. The lowest BCUT2D eigenvalue weighted by Gasteiger charge is -2.07. The molecule has 0 unspecified atom stereocenters. The van der Waals surface area contributed by atoms with Crippen LogP contribution in [-0.4, -0.2) is 25.9 Å². The Morgan fingerprint density at radius 3 is 2.92 bits per heavy atom. The Bertz CT molecular complexity index is 1150. The summed E-state index contributed by atoms with van der Waals surface area (Å²) < 4.78 is 1.47. The van der Waals surface area contributed by atoms with E-state index in [-0.39, 0.29) is 16.7 Å². The van der Waals surface area contributed by atoms with Gasteiger partial charge in [0, 0.05) is 34.8 Å². The quantitative estimate of drug-likeness (QED) is 0.225. The van der Waals surface area contributed by atoms with Crippen molar-refractivity contribution in [3.05, 3.63) is 64.3 Å². The number of aromatic nitrogens is 2. The average Bonchev–Trinajstić information content (AvgIpc) is 3.23. The summed E-state index contributed by atoms with van der Waals surface area (Å²) in [4.78, 5) is 30.9. The highest BCUT2D eigenvalue weighted by Gasteiger charge is 2.21. The molecule has 0 radical (unpaired) electrons. The highest BCUT2D eigenvalue weighted by atomic mass is 32.2. The number of aromatic amines is 1. The van der Waals surface area contributed by atoms with Crippen LogP contribution < -0.4 is 0 Å². The zero-order valence-electron chi connectivity index (χ0n) is 13.6. The van der Waals surface area contributed by atoms with E-state index in [2.05, 4.69) is 9.97 Å². The van der Waals surface area contributed by atoms with Gasteiger partial charge in [0.05, 0.1) is 20.4 Å². The maximum atomic E-state index is 12.8. The number of fused-ring (bicyclic) bond motifs is 2. The second-order valence-corrected chi connectivity index (χ2v) is 8.38. The molecule has 0 aliphatic heterocycles. The van der Waals surface area contributed by atoms with Crippen molar-refractivity contribution in [3.63, 3.8) is 0 Å². The number of H-pyrrole nitrogens is 1. The molecular weight excluding hydrogens is 370 g/mol. The Kier molecular flexibility index (Phi) is 4.21.